The third-order valence-corrected chi connectivity index (χ3v) is 2.92. The van der Waals surface area contributed by atoms with E-state index < -0.39 is 28.0 Å². The van der Waals surface area contributed by atoms with Gasteiger partial charge in [-0.3, -0.25) is 10.1 Å². The van der Waals surface area contributed by atoms with E-state index in [0.717, 1.165) is 6.07 Å². The average molecular weight is 281 g/mol. The number of rotatable bonds is 5. The Morgan fingerprint density at radius 2 is 2.25 bits per heavy atom. The summed E-state index contributed by atoms with van der Waals surface area (Å²) < 4.78 is 13.7. The Bertz CT molecular complexity index is 597. The lowest BCUT2D eigenvalue weighted by molar-refractivity contribution is -0.384. The normalized spacial score (nSPS) is 11.5. The highest BCUT2D eigenvalue weighted by Crippen LogP contribution is 2.32. The summed E-state index contributed by atoms with van der Waals surface area (Å²) in [4.78, 5) is 22.4. The highest BCUT2D eigenvalue weighted by Gasteiger charge is 2.25. The fraction of sp³-hybridized carbons (Fsp3) is 0.333. The molecule has 20 heavy (non-hydrogen) atoms. The molecule has 1 rings (SSSR count). The van der Waals surface area contributed by atoms with Crippen molar-refractivity contribution in [2.24, 2.45) is 0 Å². The summed E-state index contributed by atoms with van der Waals surface area (Å²) in [5.41, 5.74) is -1.35. The van der Waals surface area contributed by atoms with Crippen LogP contribution in [0.4, 0.5) is 15.8 Å². The van der Waals surface area contributed by atoms with Crippen LogP contribution >= 0.6 is 0 Å². The fourth-order valence-corrected chi connectivity index (χ4v) is 1.65. The van der Waals surface area contributed by atoms with Gasteiger partial charge in [-0.25, -0.2) is 9.18 Å². The van der Waals surface area contributed by atoms with Crippen molar-refractivity contribution in [3.05, 3.63) is 33.6 Å². The Balaban J connectivity index is 3.39. The lowest BCUT2D eigenvalue weighted by Gasteiger charge is -2.25. The summed E-state index contributed by atoms with van der Waals surface area (Å²) in [6.07, 6.45) is 0.0932. The Kier molecular flexibility index (Phi) is 4.59. The van der Waals surface area contributed by atoms with Crippen molar-refractivity contribution in [1.29, 1.82) is 5.26 Å². The van der Waals surface area contributed by atoms with E-state index in [0.29, 0.717) is 6.07 Å². The number of benzene rings is 1. The van der Waals surface area contributed by atoms with Gasteiger partial charge in [0.15, 0.2) is 0 Å². The molecule has 1 atom stereocenters. The van der Waals surface area contributed by atoms with E-state index in [2.05, 4.69) is 0 Å². The molecule has 8 heteroatoms. The standard InChI is InChI=1S/C12H12FN3O4/c1-7(3-4-14)15(2)10-6-9(13)8(12(17)18)5-11(10)16(19)20/h5-7H,3H2,1-2H3,(H,17,18). The van der Waals surface area contributed by atoms with Crippen LogP contribution in [-0.2, 0) is 0 Å². The van der Waals surface area contributed by atoms with Crippen molar-refractivity contribution >= 4 is 17.3 Å². The molecular weight excluding hydrogens is 269 g/mol. The number of nitriles is 1. The lowest BCUT2D eigenvalue weighted by atomic mass is 10.1. The predicted molar refractivity (Wildman–Crippen MR) is 68.1 cm³/mol. The highest BCUT2D eigenvalue weighted by molar-refractivity contribution is 5.90. The lowest BCUT2D eigenvalue weighted by Crippen LogP contribution is -2.29. The first-order valence-electron chi connectivity index (χ1n) is 5.60. The molecule has 0 aliphatic heterocycles. The molecule has 1 N–H and O–H groups in total. The Hall–Kier alpha value is -2.69. The van der Waals surface area contributed by atoms with Gasteiger partial charge in [-0.1, -0.05) is 0 Å². The number of halogens is 1. The van der Waals surface area contributed by atoms with Gasteiger partial charge >= 0.3 is 5.97 Å². The van der Waals surface area contributed by atoms with E-state index in [4.69, 9.17) is 10.4 Å². The molecule has 0 radical (unpaired) electrons. The summed E-state index contributed by atoms with van der Waals surface area (Å²) in [5.74, 6) is -2.64. The van der Waals surface area contributed by atoms with Gasteiger partial charge in [-0.15, -0.1) is 0 Å². The van der Waals surface area contributed by atoms with Crippen LogP contribution in [0.15, 0.2) is 12.1 Å². The molecule has 1 aromatic rings. The van der Waals surface area contributed by atoms with Crippen LogP contribution in [0, 0.1) is 27.3 Å². The zero-order valence-electron chi connectivity index (χ0n) is 10.8. The van der Waals surface area contributed by atoms with Gasteiger partial charge in [-0.2, -0.15) is 5.26 Å². The van der Waals surface area contributed by atoms with Crippen molar-refractivity contribution in [3.63, 3.8) is 0 Å². The number of carboxylic acids is 1. The molecule has 0 saturated heterocycles. The van der Waals surface area contributed by atoms with E-state index in [9.17, 15) is 19.3 Å². The van der Waals surface area contributed by atoms with Crippen LogP contribution in [0.25, 0.3) is 0 Å². The SMILES string of the molecule is CC(CC#N)N(C)c1cc(F)c(C(=O)O)cc1[N+](=O)[O-]. The van der Waals surface area contributed by atoms with Gasteiger partial charge in [-0.05, 0) is 6.92 Å². The molecule has 0 heterocycles. The zero-order chi connectivity index (χ0) is 15.4. The van der Waals surface area contributed by atoms with Crippen molar-refractivity contribution in [2.75, 3.05) is 11.9 Å². The molecule has 0 fully saturated rings. The number of hydrogen-bond donors (Lipinski definition) is 1. The van der Waals surface area contributed by atoms with Gasteiger partial charge in [0.1, 0.15) is 17.1 Å². The van der Waals surface area contributed by atoms with Gasteiger partial charge < -0.3 is 10.0 Å². The van der Waals surface area contributed by atoms with Crippen LogP contribution in [-0.4, -0.2) is 29.1 Å². The Morgan fingerprint density at radius 3 is 2.70 bits per heavy atom. The van der Waals surface area contributed by atoms with E-state index >= 15 is 0 Å². The highest BCUT2D eigenvalue weighted by atomic mass is 19.1. The number of nitro benzene ring substituents is 1. The molecule has 0 amide bonds. The molecule has 0 aliphatic carbocycles. The van der Waals surface area contributed by atoms with E-state index in [1.807, 2.05) is 6.07 Å². The second kappa shape index (κ2) is 5.97. The number of anilines is 1. The number of nitrogens with zero attached hydrogens (tertiary/aromatic N) is 3. The molecular formula is C12H12FN3O4. The molecule has 0 aliphatic rings. The summed E-state index contributed by atoms with van der Waals surface area (Å²) in [5, 5.41) is 28.4. The maximum Gasteiger partial charge on any atom is 0.338 e. The number of nitro groups is 1. The second-order valence-electron chi connectivity index (χ2n) is 4.21. The number of aromatic carboxylic acids is 1. The van der Waals surface area contributed by atoms with Crippen LogP contribution < -0.4 is 4.90 Å². The molecule has 7 nitrogen and oxygen atoms in total. The van der Waals surface area contributed by atoms with Crippen molar-refractivity contribution in [2.45, 2.75) is 19.4 Å². The van der Waals surface area contributed by atoms with Gasteiger partial charge in [0.25, 0.3) is 5.69 Å². The topological polar surface area (TPSA) is 107 Å². The van der Waals surface area contributed by atoms with Crippen molar-refractivity contribution in [3.8, 4) is 6.07 Å². The van der Waals surface area contributed by atoms with Crippen LogP contribution in [0.3, 0.4) is 0 Å². The molecule has 0 spiro atoms. The first kappa shape index (κ1) is 15.4. The monoisotopic (exact) mass is 281 g/mol. The summed E-state index contributed by atoms with van der Waals surface area (Å²) in [7, 11) is 1.48. The molecule has 0 bridgehead atoms. The largest absolute Gasteiger partial charge is 0.478 e. The number of hydrogen-bond acceptors (Lipinski definition) is 5. The average Bonchev–Trinajstić information content (AvgIpc) is 2.36. The third-order valence-electron chi connectivity index (χ3n) is 2.92. The van der Waals surface area contributed by atoms with Gasteiger partial charge in [0, 0.05) is 25.2 Å². The second-order valence-corrected chi connectivity index (χ2v) is 4.21. The van der Waals surface area contributed by atoms with Gasteiger partial charge in [0.05, 0.1) is 17.4 Å². The third kappa shape index (κ3) is 3.00. The summed E-state index contributed by atoms with van der Waals surface area (Å²) in [6, 6.07) is 3.02. The smallest absolute Gasteiger partial charge is 0.338 e. The maximum absolute atomic E-state index is 13.7. The van der Waals surface area contributed by atoms with E-state index in [1.165, 1.54) is 11.9 Å². The Morgan fingerprint density at radius 1 is 1.65 bits per heavy atom. The van der Waals surface area contributed by atoms with Crippen LogP contribution in [0.5, 0.6) is 0 Å². The van der Waals surface area contributed by atoms with E-state index in [-0.39, 0.29) is 18.2 Å². The van der Waals surface area contributed by atoms with Crippen LogP contribution in [0.1, 0.15) is 23.7 Å². The van der Waals surface area contributed by atoms with Crippen molar-refractivity contribution in [1.82, 2.24) is 0 Å². The minimum Gasteiger partial charge on any atom is -0.478 e. The summed E-state index contributed by atoms with van der Waals surface area (Å²) >= 11 is 0. The molecule has 0 aromatic heterocycles. The van der Waals surface area contributed by atoms with Crippen molar-refractivity contribution < 1.29 is 19.2 Å². The predicted octanol–water partition coefficient (Wildman–Crippen LogP) is 2.17. The maximum atomic E-state index is 13.7. The quantitative estimate of drug-likeness (QED) is 0.654. The van der Waals surface area contributed by atoms with Crippen LogP contribution in [0.2, 0.25) is 0 Å². The first-order valence-corrected chi connectivity index (χ1v) is 5.60. The number of carbonyl (C=O) groups is 1. The molecule has 1 unspecified atom stereocenters. The Labute approximate surface area is 114 Å². The molecule has 0 saturated carbocycles. The zero-order valence-corrected chi connectivity index (χ0v) is 10.8. The minimum atomic E-state index is -1.58. The fourth-order valence-electron chi connectivity index (χ4n) is 1.65. The first-order chi connectivity index (χ1) is 9.29. The van der Waals surface area contributed by atoms with Gasteiger partial charge in [0.2, 0.25) is 0 Å². The summed E-state index contributed by atoms with van der Waals surface area (Å²) in [6.45, 7) is 1.65. The van der Waals surface area contributed by atoms with E-state index in [1.54, 1.807) is 6.92 Å². The molecule has 106 valence electrons. The minimum absolute atomic E-state index is 0.0692. The molecule has 1 aromatic carbocycles. The number of carboxylic acid groups (broad SMARTS) is 1.